The molecule has 5 atom stereocenters. The maximum Gasteiger partial charge on any atom is 0.419 e. The average Bonchev–Trinajstić information content (AvgIpc) is 3.86. The largest absolute Gasteiger partial charge is 0.419 e. The fourth-order valence-electron chi connectivity index (χ4n) is 9.20. The number of benzene rings is 2. The van der Waals surface area contributed by atoms with Gasteiger partial charge in [0.05, 0.1) is 45.8 Å². The molecule has 55 heavy (non-hydrogen) atoms. The summed E-state index contributed by atoms with van der Waals surface area (Å²) in [4.78, 5) is 22.3. The summed E-state index contributed by atoms with van der Waals surface area (Å²) in [6.45, 7) is 5.52. The minimum absolute atomic E-state index is 0.135. The summed E-state index contributed by atoms with van der Waals surface area (Å²) in [5, 5.41) is 11.9. The van der Waals surface area contributed by atoms with E-state index in [1.807, 2.05) is 11.8 Å². The summed E-state index contributed by atoms with van der Waals surface area (Å²) in [5.41, 5.74) is -2.02. The van der Waals surface area contributed by atoms with Crippen molar-refractivity contribution < 1.29 is 44.7 Å². The van der Waals surface area contributed by atoms with Crippen LogP contribution in [0.4, 0.5) is 45.8 Å². The minimum atomic E-state index is -5.48. The molecule has 2 aromatic carbocycles. The van der Waals surface area contributed by atoms with Crippen molar-refractivity contribution in [1.29, 1.82) is 5.26 Å². The van der Waals surface area contributed by atoms with E-state index in [1.54, 1.807) is 11.0 Å². The van der Waals surface area contributed by atoms with E-state index in [0.717, 1.165) is 18.6 Å². The van der Waals surface area contributed by atoms with Crippen molar-refractivity contribution >= 4 is 43.9 Å². The second-order valence-corrected chi connectivity index (χ2v) is 16.0. The molecule has 3 fully saturated rings. The first kappa shape index (κ1) is 39.0. The Bertz CT molecular complexity index is 2130. The predicted molar refractivity (Wildman–Crippen MR) is 192 cm³/mol. The number of carbonyl (C=O) groups is 1. The maximum atomic E-state index is 15.8. The number of rotatable bonds is 6. The number of nitrogens with two attached hydrogens (primary N) is 1. The van der Waals surface area contributed by atoms with Crippen molar-refractivity contribution in [3.63, 3.8) is 0 Å². The van der Waals surface area contributed by atoms with Gasteiger partial charge in [-0.05, 0) is 49.9 Å². The first-order valence-corrected chi connectivity index (χ1v) is 18.7. The number of aliphatic imine (C=N–C) groups is 1. The number of likely N-dealkylation sites (N-methyl/N-ethyl adjacent to an activating group) is 1. The highest BCUT2D eigenvalue weighted by molar-refractivity contribution is 7.23. The van der Waals surface area contributed by atoms with Crippen LogP contribution in [0.3, 0.4) is 0 Å². The molecule has 4 aliphatic heterocycles. The molecule has 1 aromatic heterocycles. The monoisotopic (exact) mass is 797 g/mol. The molecule has 7 rings (SSSR count). The van der Waals surface area contributed by atoms with Crippen LogP contribution in [0.1, 0.15) is 75.1 Å². The zero-order chi connectivity index (χ0) is 40.0. The molecule has 1 amide bonds. The third-order valence-corrected chi connectivity index (χ3v) is 12.6. The van der Waals surface area contributed by atoms with Crippen molar-refractivity contribution in [2.24, 2.45) is 4.99 Å². The average molecular weight is 798 g/mol. The smallest absolute Gasteiger partial charge is 0.389 e. The van der Waals surface area contributed by atoms with Gasteiger partial charge >= 0.3 is 12.4 Å². The molecule has 0 aliphatic carbocycles. The summed E-state index contributed by atoms with van der Waals surface area (Å²) in [6.07, 6.45) is -9.79. The fourth-order valence-corrected chi connectivity index (χ4v) is 10.1. The summed E-state index contributed by atoms with van der Waals surface area (Å²) >= 11 is 0.540. The second kappa shape index (κ2) is 13.5. The van der Waals surface area contributed by atoms with Gasteiger partial charge in [-0.25, -0.2) is 13.8 Å². The second-order valence-electron chi connectivity index (χ2n) is 14.9. The SMILES string of the molecule is CC[C@@H]1[C@H](N(C)C2=NC(C)(OC[C@@]34CCCN3C[C@H](F)C4)Nc3c2cc(C(F)(F)F)c(-c2ccc(F)c4sc(N)c(C#N)c24)c3C(F)(F)F)CCN1C(C)=O. The van der Waals surface area contributed by atoms with E-state index in [2.05, 4.69) is 5.32 Å². The number of ether oxygens (including phenoxy) is 1. The molecular formula is C37H39F8N7O2S. The molecule has 1 unspecified atom stereocenters. The van der Waals surface area contributed by atoms with E-state index in [9.17, 15) is 14.4 Å². The molecule has 0 saturated carbocycles. The molecule has 4 aliphatic rings. The van der Waals surface area contributed by atoms with E-state index in [1.165, 1.54) is 25.8 Å². The minimum Gasteiger partial charge on any atom is -0.389 e. The van der Waals surface area contributed by atoms with Gasteiger partial charge in [-0.1, -0.05) is 13.0 Å². The van der Waals surface area contributed by atoms with Crippen LogP contribution in [0, 0.1) is 17.1 Å². The van der Waals surface area contributed by atoms with Gasteiger partial charge in [-0.15, -0.1) is 11.3 Å². The molecule has 5 heterocycles. The van der Waals surface area contributed by atoms with Gasteiger partial charge in [-0.3, -0.25) is 9.69 Å². The Hall–Kier alpha value is -4.21. The highest BCUT2D eigenvalue weighted by Gasteiger charge is 2.52. The van der Waals surface area contributed by atoms with Crippen molar-refractivity contribution in [3.8, 4) is 17.2 Å². The third-order valence-electron chi connectivity index (χ3n) is 11.6. The standard InChI is InChI=1S/C37H39F8N7O2S/c1-5-25-26(9-12-52(25)18(2)53)50(4)33-21-13-23(36(40,41)42)28(20-7-8-24(39)31-27(20)22(15-46)32(47)55-31)29(37(43,44)45)30(21)48-34(3,49-33)54-17-35-10-6-11-51(35)16-19(38)14-35/h7-8,13,19,25-26,48H,5-6,9-12,14,16-17,47H2,1-4H3/t19-,25-,26-,34?,35+/m1/s1. The van der Waals surface area contributed by atoms with E-state index in [0.29, 0.717) is 49.8 Å². The Balaban J connectivity index is 1.49. The lowest BCUT2D eigenvalue weighted by molar-refractivity contribution is -0.142. The molecule has 0 bridgehead atoms. The number of fused-ring (bicyclic) bond motifs is 3. The van der Waals surface area contributed by atoms with Crippen LogP contribution in [-0.4, -0.2) is 89.4 Å². The normalized spacial score (nSPS) is 26.9. The Kier molecular flexibility index (Phi) is 9.56. The molecule has 9 nitrogen and oxygen atoms in total. The topological polar surface area (TPSA) is 110 Å². The zero-order valence-corrected chi connectivity index (χ0v) is 31.2. The molecule has 296 valence electrons. The molecule has 18 heteroatoms. The number of thiophene rings is 1. The summed E-state index contributed by atoms with van der Waals surface area (Å²) in [7, 11) is 1.51. The van der Waals surface area contributed by atoms with Crippen LogP contribution >= 0.6 is 11.3 Å². The summed E-state index contributed by atoms with van der Waals surface area (Å²) < 4.78 is 129. The van der Waals surface area contributed by atoms with Gasteiger partial charge < -0.3 is 25.6 Å². The number of carbonyl (C=O) groups excluding carboxylic acids is 1. The number of nitrogen functional groups attached to an aromatic ring is 1. The van der Waals surface area contributed by atoms with Gasteiger partial charge in [0.2, 0.25) is 11.8 Å². The van der Waals surface area contributed by atoms with Crippen LogP contribution in [0.5, 0.6) is 0 Å². The van der Waals surface area contributed by atoms with Gasteiger partial charge in [0, 0.05) is 62.5 Å². The van der Waals surface area contributed by atoms with Crippen molar-refractivity contribution in [1.82, 2.24) is 14.7 Å². The van der Waals surface area contributed by atoms with E-state index in [-0.39, 0.29) is 41.0 Å². The van der Waals surface area contributed by atoms with Crippen LogP contribution < -0.4 is 11.1 Å². The van der Waals surface area contributed by atoms with Crippen LogP contribution in [0.15, 0.2) is 23.2 Å². The van der Waals surface area contributed by atoms with E-state index < -0.39 is 92.3 Å². The van der Waals surface area contributed by atoms with Crippen molar-refractivity contribution in [2.75, 3.05) is 44.3 Å². The quantitative estimate of drug-likeness (QED) is 0.244. The van der Waals surface area contributed by atoms with Gasteiger partial charge in [-0.2, -0.15) is 31.6 Å². The lowest BCUT2D eigenvalue weighted by atomic mass is 9.86. The number of nitrogens with one attached hydrogen (secondary N) is 1. The summed E-state index contributed by atoms with van der Waals surface area (Å²) in [6, 6.07) is 2.85. The first-order valence-electron chi connectivity index (χ1n) is 17.9. The number of likely N-dealkylation sites (tertiary alicyclic amines) is 1. The number of nitrogens with zero attached hydrogens (tertiary/aromatic N) is 5. The number of hydrogen-bond acceptors (Lipinski definition) is 9. The highest BCUT2D eigenvalue weighted by Crippen LogP contribution is 2.54. The number of anilines is 2. The van der Waals surface area contributed by atoms with Crippen LogP contribution in [-0.2, 0) is 21.9 Å². The number of nitriles is 1. The molecule has 3 aromatic rings. The van der Waals surface area contributed by atoms with Crippen LogP contribution in [0.2, 0.25) is 0 Å². The van der Waals surface area contributed by atoms with Gasteiger partial charge in [0.25, 0.3) is 0 Å². The van der Waals surface area contributed by atoms with Gasteiger partial charge in [0.15, 0.2) is 0 Å². The van der Waals surface area contributed by atoms with Crippen LogP contribution in [0.25, 0.3) is 21.2 Å². The lowest BCUT2D eigenvalue weighted by Crippen LogP contribution is -2.52. The number of amidine groups is 1. The molecule has 3 saturated heterocycles. The molecular weight excluding hydrogens is 759 g/mol. The van der Waals surface area contributed by atoms with E-state index >= 15 is 30.7 Å². The third kappa shape index (κ3) is 6.45. The van der Waals surface area contributed by atoms with Crippen molar-refractivity contribution in [2.45, 2.75) is 94.9 Å². The Morgan fingerprint density at radius 3 is 2.56 bits per heavy atom. The number of hydrogen-bond donors (Lipinski definition) is 2. The van der Waals surface area contributed by atoms with E-state index in [4.69, 9.17) is 15.5 Å². The molecule has 3 N–H and O–H groups in total. The fraction of sp³-hybridized carbons (Fsp3) is 0.541. The Morgan fingerprint density at radius 1 is 1.20 bits per heavy atom. The van der Waals surface area contributed by atoms with Crippen molar-refractivity contribution in [3.05, 3.63) is 46.3 Å². The summed E-state index contributed by atoms with van der Waals surface area (Å²) in [5.74, 6) is -3.47. The number of halogens is 8. The Morgan fingerprint density at radius 2 is 1.93 bits per heavy atom. The highest BCUT2D eigenvalue weighted by atomic mass is 32.1. The number of amides is 1. The lowest BCUT2D eigenvalue weighted by Gasteiger charge is -2.43. The molecule has 0 spiro atoms. The number of alkyl halides is 7. The predicted octanol–water partition coefficient (Wildman–Crippen LogP) is 7.97. The first-order chi connectivity index (χ1) is 25.7. The molecule has 0 radical (unpaired) electrons. The maximum absolute atomic E-state index is 15.8. The zero-order valence-electron chi connectivity index (χ0n) is 30.4. The Labute approximate surface area is 315 Å². The van der Waals surface area contributed by atoms with Gasteiger partial charge in [0.1, 0.15) is 28.9 Å².